The van der Waals surface area contributed by atoms with E-state index in [0.29, 0.717) is 24.2 Å². The Bertz CT molecular complexity index is 567. The predicted octanol–water partition coefficient (Wildman–Crippen LogP) is 0.314. The summed E-state index contributed by atoms with van der Waals surface area (Å²) in [5.74, 6) is -0.336. The lowest BCUT2D eigenvalue weighted by Crippen LogP contribution is -2.47. The Morgan fingerprint density at radius 3 is 2.76 bits per heavy atom. The number of β-amino-alcohol motifs (C(OH)–C–C–N with tert-alkyl or cyclic N) is 1. The molecule has 0 aromatic carbocycles. The molecule has 2 atom stereocenters. The van der Waals surface area contributed by atoms with Crippen molar-refractivity contribution in [3.8, 4) is 0 Å². The maximum atomic E-state index is 12.6. The van der Waals surface area contributed by atoms with Crippen molar-refractivity contribution in [3.05, 3.63) is 33.7 Å². The van der Waals surface area contributed by atoms with E-state index in [1.807, 2.05) is 13.8 Å². The van der Waals surface area contributed by atoms with Gasteiger partial charge in [-0.25, -0.2) is 0 Å². The van der Waals surface area contributed by atoms with Crippen molar-refractivity contribution in [1.82, 2.24) is 9.88 Å². The van der Waals surface area contributed by atoms with Crippen LogP contribution < -0.4 is 5.56 Å². The zero-order valence-electron chi connectivity index (χ0n) is 12.4. The standard InChI is InChI=1S/C15H22N2O4/c1-9(2)14-11(3-4-13(20)16-14)15(21)17-6-5-10(8-18)12(19)7-17/h3-4,9-10,12,18-19H,5-8H2,1-2H3,(H,16,20)/t10-,12-/m1/s1. The molecule has 1 aromatic rings. The number of H-pyrrole nitrogens is 1. The fourth-order valence-electron chi connectivity index (χ4n) is 2.68. The van der Waals surface area contributed by atoms with Gasteiger partial charge in [-0.1, -0.05) is 13.8 Å². The third-order valence-electron chi connectivity index (χ3n) is 4.00. The van der Waals surface area contributed by atoms with Gasteiger partial charge in [-0.05, 0) is 18.4 Å². The molecular formula is C15H22N2O4. The smallest absolute Gasteiger partial charge is 0.255 e. The summed E-state index contributed by atoms with van der Waals surface area (Å²) in [6.07, 6.45) is -0.137. The van der Waals surface area contributed by atoms with Gasteiger partial charge in [0.15, 0.2) is 0 Å². The zero-order valence-corrected chi connectivity index (χ0v) is 12.4. The molecule has 6 heteroatoms. The van der Waals surface area contributed by atoms with Crippen molar-refractivity contribution in [2.45, 2.75) is 32.3 Å². The maximum Gasteiger partial charge on any atom is 0.255 e. The van der Waals surface area contributed by atoms with Crippen LogP contribution in [0.2, 0.25) is 0 Å². The first-order valence-electron chi connectivity index (χ1n) is 7.25. The lowest BCUT2D eigenvalue weighted by atomic mass is 9.94. The molecule has 1 saturated heterocycles. The number of nitrogens with zero attached hydrogens (tertiary/aromatic N) is 1. The Balaban J connectivity index is 2.23. The van der Waals surface area contributed by atoms with E-state index < -0.39 is 6.10 Å². The Morgan fingerprint density at radius 2 is 2.19 bits per heavy atom. The lowest BCUT2D eigenvalue weighted by molar-refractivity contribution is 0.000799. The van der Waals surface area contributed by atoms with E-state index in [4.69, 9.17) is 5.11 Å². The van der Waals surface area contributed by atoms with Crippen LogP contribution in [0.5, 0.6) is 0 Å². The number of aromatic nitrogens is 1. The SMILES string of the molecule is CC(C)c1[nH]c(=O)ccc1C(=O)N1CC[C@H](CO)[C@H](O)C1. The number of carbonyl (C=O) groups is 1. The minimum atomic E-state index is -0.710. The second-order valence-electron chi connectivity index (χ2n) is 5.85. The van der Waals surface area contributed by atoms with E-state index in [0.717, 1.165) is 0 Å². The summed E-state index contributed by atoms with van der Waals surface area (Å²) < 4.78 is 0. The Hall–Kier alpha value is -1.66. The van der Waals surface area contributed by atoms with Crippen LogP contribution in [0.15, 0.2) is 16.9 Å². The normalized spacial score (nSPS) is 22.6. The molecule has 1 aliphatic rings. The first-order chi connectivity index (χ1) is 9.93. The molecule has 1 aliphatic heterocycles. The van der Waals surface area contributed by atoms with Gasteiger partial charge in [0.1, 0.15) is 0 Å². The van der Waals surface area contributed by atoms with E-state index in [1.54, 1.807) is 11.0 Å². The highest BCUT2D eigenvalue weighted by Gasteiger charge is 2.31. The number of pyridine rings is 1. The average Bonchev–Trinajstić information content (AvgIpc) is 2.46. The van der Waals surface area contributed by atoms with Crippen molar-refractivity contribution >= 4 is 5.91 Å². The number of piperidine rings is 1. The number of rotatable bonds is 3. The third-order valence-corrected chi connectivity index (χ3v) is 4.00. The fourth-order valence-corrected chi connectivity index (χ4v) is 2.68. The molecule has 0 radical (unpaired) electrons. The van der Waals surface area contributed by atoms with Crippen LogP contribution in [-0.2, 0) is 0 Å². The number of likely N-dealkylation sites (tertiary alicyclic amines) is 1. The molecule has 116 valence electrons. The number of amides is 1. The number of aliphatic hydroxyl groups is 2. The summed E-state index contributed by atoms with van der Waals surface area (Å²) in [5, 5.41) is 19.1. The largest absolute Gasteiger partial charge is 0.396 e. The van der Waals surface area contributed by atoms with Crippen LogP contribution in [-0.4, -0.2) is 51.8 Å². The van der Waals surface area contributed by atoms with Crippen LogP contribution in [0.4, 0.5) is 0 Å². The molecule has 1 aromatic heterocycles. The third kappa shape index (κ3) is 3.33. The molecule has 0 aliphatic carbocycles. The van der Waals surface area contributed by atoms with E-state index in [2.05, 4.69) is 4.98 Å². The average molecular weight is 294 g/mol. The predicted molar refractivity (Wildman–Crippen MR) is 78.3 cm³/mol. The van der Waals surface area contributed by atoms with Crippen molar-refractivity contribution in [3.63, 3.8) is 0 Å². The summed E-state index contributed by atoms with van der Waals surface area (Å²) in [6, 6.07) is 2.89. The van der Waals surface area contributed by atoms with Gasteiger partial charge in [-0.2, -0.15) is 0 Å². The topological polar surface area (TPSA) is 93.6 Å². The lowest BCUT2D eigenvalue weighted by Gasteiger charge is -2.35. The number of aliphatic hydroxyl groups excluding tert-OH is 2. The van der Waals surface area contributed by atoms with Crippen LogP contribution in [0, 0.1) is 5.92 Å². The van der Waals surface area contributed by atoms with E-state index in [9.17, 15) is 14.7 Å². The highest BCUT2D eigenvalue weighted by atomic mass is 16.3. The number of hydrogen-bond donors (Lipinski definition) is 3. The zero-order chi connectivity index (χ0) is 15.6. The molecule has 0 saturated carbocycles. The molecule has 0 spiro atoms. The highest BCUT2D eigenvalue weighted by Crippen LogP contribution is 2.22. The number of nitrogens with one attached hydrogen (secondary N) is 1. The van der Waals surface area contributed by atoms with Crippen molar-refractivity contribution in [2.24, 2.45) is 5.92 Å². The second-order valence-corrected chi connectivity index (χ2v) is 5.85. The van der Waals surface area contributed by atoms with Gasteiger partial charge in [-0.15, -0.1) is 0 Å². The molecule has 3 N–H and O–H groups in total. The van der Waals surface area contributed by atoms with Gasteiger partial charge in [0.25, 0.3) is 5.91 Å². The van der Waals surface area contributed by atoms with Gasteiger partial charge in [-0.3, -0.25) is 9.59 Å². The number of aromatic amines is 1. The van der Waals surface area contributed by atoms with Crippen molar-refractivity contribution in [1.29, 1.82) is 0 Å². The van der Waals surface area contributed by atoms with Crippen LogP contribution in [0.3, 0.4) is 0 Å². The van der Waals surface area contributed by atoms with Crippen molar-refractivity contribution in [2.75, 3.05) is 19.7 Å². The van der Waals surface area contributed by atoms with Gasteiger partial charge >= 0.3 is 0 Å². The molecular weight excluding hydrogens is 272 g/mol. The summed E-state index contributed by atoms with van der Waals surface area (Å²) in [5.41, 5.74) is 0.861. The number of hydrogen-bond acceptors (Lipinski definition) is 4. The van der Waals surface area contributed by atoms with Crippen LogP contribution in [0.25, 0.3) is 0 Å². The van der Waals surface area contributed by atoms with Gasteiger partial charge in [0, 0.05) is 37.4 Å². The van der Waals surface area contributed by atoms with Crippen molar-refractivity contribution < 1.29 is 15.0 Å². The quantitative estimate of drug-likeness (QED) is 0.748. The number of carbonyl (C=O) groups excluding carboxylic acids is 1. The summed E-state index contributed by atoms with van der Waals surface area (Å²) in [4.78, 5) is 28.3. The van der Waals surface area contributed by atoms with Crippen LogP contribution in [0.1, 0.15) is 42.2 Å². The van der Waals surface area contributed by atoms with Gasteiger partial charge in [0.05, 0.1) is 11.7 Å². The molecule has 2 heterocycles. The molecule has 1 fully saturated rings. The Morgan fingerprint density at radius 1 is 1.48 bits per heavy atom. The van der Waals surface area contributed by atoms with E-state index in [1.165, 1.54) is 6.07 Å². The van der Waals surface area contributed by atoms with Crippen LogP contribution >= 0.6 is 0 Å². The molecule has 2 rings (SSSR count). The Labute approximate surface area is 123 Å². The molecule has 1 amide bonds. The minimum absolute atomic E-state index is 0.0257. The summed E-state index contributed by atoms with van der Waals surface area (Å²) >= 11 is 0. The monoisotopic (exact) mass is 294 g/mol. The summed E-state index contributed by atoms with van der Waals surface area (Å²) in [7, 11) is 0. The maximum absolute atomic E-state index is 12.6. The highest BCUT2D eigenvalue weighted by molar-refractivity contribution is 5.95. The second kappa shape index (κ2) is 6.41. The Kier molecular flexibility index (Phi) is 4.80. The fraction of sp³-hybridized carbons (Fsp3) is 0.600. The molecule has 0 unspecified atom stereocenters. The first kappa shape index (κ1) is 15.7. The minimum Gasteiger partial charge on any atom is -0.396 e. The van der Waals surface area contributed by atoms with Gasteiger partial charge in [0.2, 0.25) is 5.56 Å². The molecule has 6 nitrogen and oxygen atoms in total. The first-order valence-corrected chi connectivity index (χ1v) is 7.25. The van der Waals surface area contributed by atoms with Gasteiger partial charge < -0.3 is 20.1 Å². The molecule has 21 heavy (non-hydrogen) atoms. The van der Waals surface area contributed by atoms with E-state index >= 15 is 0 Å². The summed E-state index contributed by atoms with van der Waals surface area (Å²) in [6.45, 7) is 4.46. The van der Waals surface area contributed by atoms with E-state index in [-0.39, 0.29) is 36.5 Å². The molecule has 0 bridgehead atoms.